The average molecular weight is 1270 g/mol. The predicted octanol–water partition coefficient (Wildman–Crippen LogP) is 23.5. The smallest absolute Gasteiger partial charge is 0.186 e. The molecule has 2 nitrogen and oxygen atoms in total. The van der Waals surface area contributed by atoms with E-state index in [1.165, 1.54) is 0 Å². The van der Waals surface area contributed by atoms with E-state index in [2.05, 4.69) is 0 Å². The molecule has 0 bridgehead atoms. The lowest BCUT2D eigenvalue weighted by Gasteiger charge is -2.46. The Labute approximate surface area is 549 Å². The molecule has 0 unspecified atom stereocenters. The molecule has 16 rings (SSSR count). The Bertz CT molecular complexity index is 4710. The minimum Gasteiger partial charge on any atom is -0.304 e. The summed E-state index contributed by atoms with van der Waals surface area (Å²) in [4.78, 5) is 2.09. The SMILES string of the molecule is Fc1c(F)c(N2c3ccccc3C(c3cccc(-c4ccccc4)c3)(c3cccc(-c4ccccc4)c3)c3ccccc32)c(F)c(F)c1-c1c(F)c(F)c(N2c3ccccc3C(c3cccc(-c4ccccc4)c3)(c3cccc(-c4ccccc4)c3)c3ccccc32)c(F)c1F. The van der Waals surface area contributed by atoms with Crippen LogP contribution in [0.4, 0.5) is 69.2 Å². The van der Waals surface area contributed by atoms with Gasteiger partial charge < -0.3 is 9.80 Å². The summed E-state index contributed by atoms with van der Waals surface area (Å²) in [6, 6.07) is 97.5. The van der Waals surface area contributed by atoms with Crippen LogP contribution in [0.3, 0.4) is 0 Å². The molecule has 10 heteroatoms. The van der Waals surface area contributed by atoms with Crippen molar-refractivity contribution in [2.45, 2.75) is 10.8 Å². The number of fused-ring (bicyclic) bond motifs is 4. The number of benzene rings is 14. The van der Waals surface area contributed by atoms with Crippen molar-refractivity contribution in [3.8, 4) is 55.6 Å². The Morgan fingerprint density at radius 3 is 0.615 bits per heavy atom. The first-order chi connectivity index (χ1) is 47.0. The third-order valence-corrected chi connectivity index (χ3v) is 19.0. The van der Waals surface area contributed by atoms with Crippen molar-refractivity contribution < 1.29 is 35.1 Å². The Morgan fingerprint density at radius 1 is 0.188 bits per heavy atom. The van der Waals surface area contributed by atoms with Crippen molar-refractivity contribution in [3.63, 3.8) is 0 Å². The van der Waals surface area contributed by atoms with Gasteiger partial charge in [-0.1, -0.05) is 267 Å². The normalized spacial score (nSPS) is 13.3. The number of nitrogens with zero attached hydrogens (tertiary/aromatic N) is 2. The molecule has 0 aromatic heterocycles. The molecule has 0 aliphatic carbocycles. The maximum absolute atomic E-state index is 18.0. The van der Waals surface area contributed by atoms with Gasteiger partial charge in [0.1, 0.15) is 11.4 Å². The Kier molecular flexibility index (Phi) is 14.5. The van der Waals surface area contributed by atoms with Crippen LogP contribution in [0.2, 0.25) is 0 Å². The molecule has 0 saturated carbocycles. The van der Waals surface area contributed by atoms with Gasteiger partial charge in [0, 0.05) is 0 Å². The minimum absolute atomic E-state index is 0.0912. The molecule has 2 heterocycles. The second-order valence-corrected chi connectivity index (χ2v) is 24.0. The van der Waals surface area contributed by atoms with E-state index in [0.717, 1.165) is 76.6 Å². The van der Waals surface area contributed by atoms with Gasteiger partial charge in [0.05, 0.1) is 44.7 Å². The van der Waals surface area contributed by atoms with Crippen LogP contribution in [0.5, 0.6) is 0 Å². The molecule has 0 atom stereocenters. The lowest BCUT2D eigenvalue weighted by Crippen LogP contribution is -2.38. The van der Waals surface area contributed by atoms with Gasteiger partial charge in [0.25, 0.3) is 0 Å². The monoisotopic (exact) mass is 1260 g/mol. The Morgan fingerprint density at radius 2 is 0.385 bits per heavy atom. The molecule has 14 aromatic rings. The van der Waals surface area contributed by atoms with Crippen molar-refractivity contribution in [1.82, 2.24) is 0 Å². The summed E-state index contributed by atoms with van der Waals surface area (Å²) >= 11 is 0. The van der Waals surface area contributed by atoms with E-state index in [0.29, 0.717) is 22.3 Å². The minimum atomic E-state index is -2.31. The van der Waals surface area contributed by atoms with Crippen LogP contribution < -0.4 is 9.80 Å². The highest BCUT2D eigenvalue weighted by atomic mass is 19.2. The highest BCUT2D eigenvalue weighted by Gasteiger charge is 2.51. The Balaban J connectivity index is 0.870. The second kappa shape index (κ2) is 23.6. The quantitative estimate of drug-likeness (QED) is 0.0941. The first-order valence-corrected chi connectivity index (χ1v) is 31.3. The summed E-state index contributed by atoms with van der Waals surface area (Å²) in [6.45, 7) is 0. The van der Waals surface area contributed by atoms with Crippen molar-refractivity contribution in [3.05, 3.63) is 406 Å². The third kappa shape index (κ3) is 9.07. The van der Waals surface area contributed by atoms with Gasteiger partial charge in [-0.05, 0) is 138 Å². The van der Waals surface area contributed by atoms with E-state index >= 15 is 35.1 Å². The average Bonchev–Trinajstić information content (AvgIpc) is 0.698. The molecule has 0 radical (unpaired) electrons. The molecule has 0 spiro atoms. The third-order valence-electron chi connectivity index (χ3n) is 19.0. The first kappa shape index (κ1) is 59.2. The standard InChI is InChI=1S/C86H52F8N2/c87-75-73(76(88)80(92)83(79(75)91)95-69-45-17-13-41-65(69)85(66-42-14-18-46-70(66)95,61-37-21-33-57(49-61)53-25-5-1-6-26-53)62-38-22-34-58(50-62)54-27-7-2-8-28-54)74-77(89)81(93)84(82(94)78(74)90)96-71-47-19-15-43-67(71)86(68-44-16-20-48-72(68)96,63-39-23-35-59(51-63)55-29-9-3-10-30-55)64-40-24-36-60(52-64)56-31-11-4-12-32-56/h1-52H. The van der Waals surface area contributed by atoms with E-state index in [9.17, 15) is 0 Å². The van der Waals surface area contributed by atoms with E-state index in [4.69, 9.17) is 0 Å². The summed E-state index contributed by atoms with van der Waals surface area (Å²) in [7, 11) is 0. The zero-order valence-electron chi connectivity index (χ0n) is 50.9. The second-order valence-electron chi connectivity index (χ2n) is 24.0. The van der Waals surface area contributed by atoms with Crippen molar-refractivity contribution >= 4 is 34.1 Å². The van der Waals surface area contributed by atoms with E-state index in [-0.39, 0.29) is 22.7 Å². The fourth-order valence-corrected chi connectivity index (χ4v) is 14.9. The number of anilines is 6. The molecule has 14 aromatic carbocycles. The zero-order valence-corrected chi connectivity index (χ0v) is 50.9. The highest BCUT2D eigenvalue weighted by Crippen LogP contribution is 2.62. The summed E-state index contributed by atoms with van der Waals surface area (Å²) in [5.74, 6) is -17.6. The maximum atomic E-state index is 18.0. The van der Waals surface area contributed by atoms with Crippen LogP contribution in [-0.2, 0) is 10.8 Å². The van der Waals surface area contributed by atoms with Crippen molar-refractivity contribution in [2.75, 3.05) is 9.80 Å². The molecule has 2 aliphatic heterocycles. The van der Waals surface area contributed by atoms with Crippen LogP contribution >= 0.6 is 0 Å². The van der Waals surface area contributed by atoms with E-state index in [1.807, 2.05) is 218 Å². The largest absolute Gasteiger partial charge is 0.304 e. The maximum Gasteiger partial charge on any atom is 0.186 e. The summed E-state index contributed by atoms with van der Waals surface area (Å²) in [6.07, 6.45) is 0. The molecule has 2 aliphatic rings. The van der Waals surface area contributed by atoms with E-state index < -0.39 is 79.9 Å². The summed E-state index contributed by atoms with van der Waals surface area (Å²) in [5.41, 5.74) is 2.97. The predicted molar refractivity (Wildman–Crippen MR) is 366 cm³/mol. The lowest BCUT2D eigenvalue weighted by atomic mass is 9.62. The molecule has 96 heavy (non-hydrogen) atoms. The molecule has 0 saturated heterocycles. The molecular weight excluding hydrogens is 1210 g/mol. The van der Waals surface area contributed by atoms with Gasteiger partial charge in [-0.3, -0.25) is 0 Å². The van der Waals surface area contributed by atoms with Gasteiger partial charge in [-0.2, -0.15) is 0 Å². The van der Waals surface area contributed by atoms with E-state index in [1.54, 1.807) is 97.1 Å². The van der Waals surface area contributed by atoms with Crippen LogP contribution in [0, 0.1) is 46.5 Å². The number of para-hydroxylation sites is 4. The van der Waals surface area contributed by atoms with Gasteiger partial charge >= 0.3 is 0 Å². The van der Waals surface area contributed by atoms with Crippen molar-refractivity contribution in [2.24, 2.45) is 0 Å². The van der Waals surface area contributed by atoms with Crippen LogP contribution in [0.15, 0.2) is 315 Å². The molecule has 462 valence electrons. The summed E-state index contributed by atoms with van der Waals surface area (Å²) < 4.78 is 143. The molecule has 0 amide bonds. The fraction of sp³-hybridized carbons (Fsp3) is 0.0233. The number of hydrogen-bond acceptors (Lipinski definition) is 2. The fourth-order valence-electron chi connectivity index (χ4n) is 14.9. The zero-order chi connectivity index (χ0) is 65.4. The van der Waals surface area contributed by atoms with Gasteiger partial charge in [-0.25, -0.2) is 35.1 Å². The number of hydrogen-bond donors (Lipinski definition) is 0. The van der Waals surface area contributed by atoms with Gasteiger partial charge in [0.2, 0.25) is 0 Å². The number of halogens is 8. The first-order valence-electron chi connectivity index (χ1n) is 31.3. The lowest BCUT2D eigenvalue weighted by molar-refractivity contribution is 0.444. The molecule has 0 fully saturated rings. The highest BCUT2D eigenvalue weighted by molar-refractivity contribution is 5.94. The molecular formula is C86H52F8N2. The van der Waals surface area contributed by atoms with Crippen LogP contribution in [-0.4, -0.2) is 0 Å². The van der Waals surface area contributed by atoms with Crippen molar-refractivity contribution in [1.29, 1.82) is 0 Å². The van der Waals surface area contributed by atoms with Gasteiger partial charge in [-0.15, -0.1) is 0 Å². The Hall–Kier alpha value is -11.9. The van der Waals surface area contributed by atoms with Gasteiger partial charge in [0.15, 0.2) is 46.5 Å². The number of rotatable bonds is 11. The summed E-state index contributed by atoms with van der Waals surface area (Å²) in [5, 5.41) is 0. The van der Waals surface area contributed by atoms with Crippen LogP contribution in [0.25, 0.3) is 55.6 Å². The van der Waals surface area contributed by atoms with Crippen LogP contribution in [0.1, 0.15) is 44.5 Å². The molecule has 0 N–H and O–H groups in total. The topological polar surface area (TPSA) is 6.48 Å².